The summed E-state index contributed by atoms with van der Waals surface area (Å²) in [6.07, 6.45) is 3.47. The van der Waals surface area contributed by atoms with Gasteiger partial charge in [-0.2, -0.15) is 0 Å². The average Bonchev–Trinajstić information content (AvgIpc) is 2.90. The van der Waals surface area contributed by atoms with Crippen molar-refractivity contribution in [3.05, 3.63) is 34.8 Å². The van der Waals surface area contributed by atoms with Gasteiger partial charge in [-0.05, 0) is 44.1 Å². The second-order valence-electron chi connectivity index (χ2n) is 6.74. The molecule has 0 saturated carbocycles. The molecule has 2 atom stereocenters. The Bertz CT molecular complexity index is 687. The Morgan fingerprint density at radius 3 is 2.91 bits per heavy atom. The summed E-state index contributed by atoms with van der Waals surface area (Å²) in [4.78, 5) is 7.10. The Balaban J connectivity index is 1.87. The van der Waals surface area contributed by atoms with Crippen molar-refractivity contribution in [3.8, 4) is 0 Å². The molecule has 22 heavy (non-hydrogen) atoms. The van der Waals surface area contributed by atoms with E-state index >= 15 is 0 Å². The molecule has 2 aromatic rings. The van der Waals surface area contributed by atoms with Crippen molar-refractivity contribution < 1.29 is 0 Å². The molecule has 3 rings (SSSR count). The maximum absolute atomic E-state index is 4.87. The molecule has 4 heteroatoms. The lowest BCUT2D eigenvalue weighted by atomic mass is 10.0. The first-order valence-electron chi connectivity index (χ1n) is 8.02. The van der Waals surface area contributed by atoms with Crippen LogP contribution in [0.25, 0.3) is 15.9 Å². The topological polar surface area (TPSA) is 28.2 Å². The first-order chi connectivity index (χ1) is 10.5. The van der Waals surface area contributed by atoms with Gasteiger partial charge in [0.1, 0.15) is 0 Å². The van der Waals surface area contributed by atoms with Gasteiger partial charge in [-0.15, -0.1) is 11.3 Å². The van der Waals surface area contributed by atoms with Crippen LogP contribution in [0.1, 0.15) is 36.8 Å². The van der Waals surface area contributed by atoms with E-state index in [0.29, 0.717) is 5.92 Å². The minimum absolute atomic E-state index is 0.476. The standard InChI is InChI=1S/C18H25N3S/c1-12-5-7-15(19-10-12)14-6-8-17-16(9-14)20-18(22-17)13(2)11-21(3)4/h6-9,12-13,19H,5,10-11H2,1-4H3/t12-,13?/m0/s1. The van der Waals surface area contributed by atoms with Crippen LogP contribution in [0.5, 0.6) is 0 Å². The van der Waals surface area contributed by atoms with E-state index in [0.717, 1.165) is 30.9 Å². The Morgan fingerprint density at radius 1 is 1.41 bits per heavy atom. The molecule has 0 fully saturated rings. The largest absolute Gasteiger partial charge is 0.385 e. The average molecular weight is 315 g/mol. The van der Waals surface area contributed by atoms with Crippen molar-refractivity contribution in [2.24, 2.45) is 5.92 Å². The number of nitrogens with one attached hydrogen (secondary N) is 1. The molecule has 2 heterocycles. The number of hydrogen-bond donors (Lipinski definition) is 1. The molecule has 1 unspecified atom stereocenters. The lowest BCUT2D eigenvalue weighted by Gasteiger charge is -2.20. The van der Waals surface area contributed by atoms with Crippen molar-refractivity contribution in [2.45, 2.75) is 26.2 Å². The number of aromatic nitrogens is 1. The molecule has 0 aliphatic carbocycles. The van der Waals surface area contributed by atoms with Crippen LogP contribution < -0.4 is 5.32 Å². The Morgan fingerprint density at radius 2 is 2.23 bits per heavy atom. The smallest absolute Gasteiger partial charge is 0.0979 e. The monoisotopic (exact) mass is 315 g/mol. The molecule has 1 N–H and O–H groups in total. The molecule has 3 nitrogen and oxygen atoms in total. The molecule has 0 spiro atoms. The van der Waals surface area contributed by atoms with Gasteiger partial charge in [0.05, 0.1) is 15.2 Å². The van der Waals surface area contributed by atoms with Crippen LogP contribution in [0.15, 0.2) is 24.3 Å². The maximum atomic E-state index is 4.87. The number of benzene rings is 1. The normalized spacial score (nSPS) is 20.0. The van der Waals surface area contributed by atoms with Gasteiger partial charge < -0.3 is 10.2 Å². The number of nitrogens with zero attached hydrogens (tertiary/aromatic N) is 2. The third-order valence-electron chi connectivity index (χ3n) is 4.14. The van der Waals surface area contributed by atoms with E-state index in [4.69, 9.17) is 4.98 Å². The highest BCUT2D eigenvalue weighted by Crippen LogP contribution is 2.30. The van der Waals surface area contributed by atoms with Crippen LogP contribution in [0.4, 0.5) is 0 Å². The summed E-state index contributed by atoms with van der Waals surface area (Å²) < 4.78 is 1.29. The third-order valence-corrected chi connectivity index (χ3v) is 5.41. The van der Waals surface area contributed by atoms with Crippen molar-refractivity contribution in [1.82, 2.24) is 15.2 Å². The highest BCUT2D eigenvalue weighted by atomic mass is 32.1. The van der Waals surface area contributed by atoms with Crippen LogP contribution in [0, 0.1) is 5.92 Å². The molecule has 0 saturated heterocycles. The zero-order chi connectivity index (χ0) is 15.7. The van der Waals surface area contributed by atoms with E-state index in [9.17, 15) is 0 Å². The van der Waals surface area contributed by atoms with Crippen LogP contribution in [0.3, 0.4) is 0 Å². The number of fused-ring (bicyclic) bond motifs is 1. The van der Waals surface area contributed by atoms with Gasteiger partial charge in [-0.3, -0.25) is 0 Å². The van der Waals surface area contributed by atoms with E-state index in [2.05, 4.69) is 62.4 Å². The van der Waals surface area contributed by atoms with Gasteiger partial charge in [-0.25, -0.2) is 4.98 Å². The SMILES string of the molecule is CC(CN(C)C)c1nc2cc(C3=CC[C@H](C)CN3)ccc2s1. The fraction of sp³-hybridized carbons (Fsp3) is 0.500. The molecule has 1 aliphatic rings. The van der Waals surface area contributed by atoms with Gasteiger partial charge in [0, 0.05) is 24.7 Å². The lowest BCUT2D eigenvalue weighted by Crippen LogP contribution is -2.23. The van der Waals surface area contributed by atoms with Crippen LogP contribution in [0.2, 0.25) is 0 Å². The van der Waals surface area contributed by atoms with Crippen LogP contribution >= 0.6 is 11.3 Å². The van der Waals surface area contributed by atoms with Gasteiger partial charge in [0.25, 0.3) is 0 Å². The summed E-state index contributed by atoms with van der Waals surface area (Å²) in [6, 6.07) is 6.66. The van der Waals surface area contributed by atoms with Crippen LogP contribution in [-0.4, -0.2) is 37.1 Å². The molecule has 0 amide bonds. The molecule has 1 aliphatic heterocycles. The lowest BCUT2D eigenvalue weighted by molar-refractivity contribution is 0.383. The molecule has 1 aromatic carbocycles. The van der Waals surface area contributed by atoms with Crippen molar-refractivity contribution in [1.29, 1.82) is 0 Å². The van der Waals surface area contributed by atoms with E-state index in [1.165, 1.54) is 21.0 Å². The van der Waals surface area contributed by atoms with E-state index < -0.39 is 0 Å². The zero-order valence-corrected chi connectivity index (χ0v) is 14.7. The van der Waals surface area contributed by atoms with E-state index in [-0.39, 0.29) is 0 Å². The van der Waals surface area contributed by atoms with Crippen LogP contribution in [-0.2, 0) is 0 Å². The highest BCUT2D eigenvalue weighted by Gasteiger charge is 2.15. The number of thiazole rings is 1. The first-order valence-corrected chi connectivity index (χ1v) is 8.84. The van der Waals surface area contributed by atoms with Gasteiger partial charge in [0.2, 0.25) is 0 Å². The van der Waals surface area contributed by atoms with E-state index in [1.807, 2.05) is 11.3 Å². The zero-order valence-electron chi connectivity index (χ0n) is 13.9. The Hall–Kier alpha value is -1.39. The predicted octanol–water partition coefficient (Wildman–Crippen LogP) is 3.93. The summed E-state index contributed by atoms with van der Waals surface area (Å²) in [5.74, 6) is 1.20. The van der Waals surface area contributed by atoms with Crippen molar-refractivity contribution in [2.75, 3.05) is 27.2 Å². The minimum atomic E-state index is 0.476. The van der Waals surface area contributed by atoms with Gasteiger partial charge >= 0.3 is 0 Å². The Labute approximate surface area is 137 Å². The summed E-state index contributed by atoms with van der Waals surface area (Å²) >= 11 is 1.83. The molecular formula is C18H25N3S. The summed E-state index contributed by atoms with van der Waals surface area (Å²) in [5.41, 5.74) is 3.65. The minimum Gasteiger partial charge on any atom is -0.385 e. The number of hydrogen-bond acceptors (Lipinski definition) is 4. The number of likely N-dealkylation sites (N-methyl/N-ethyl adjacent to an activating group) is 1. The quantitative estimate of drug-likeness (QED) is 0.926. The summed E-state index contributed by atoms with van der Waals surface area (Å²) in [6.45, 7) is 6.64. The van der Waals surface area contributed by atoms with Gasteiger partial charge in [-0.1, -0.05) is 26.0 Å². The fourth-order valence-corrected chi connectivity index (χ4v) is 3.92. The Kier molecular flexibility index (Phi) is 4.50. The summed E-state index contributed by atoms with van der Waals surface area (Å²) in [7, 11) is 4.23. The third kappa shape index (κ3) is 3.33. The molecule has 0 bridgehead atoms. The number of allylic oxidation sites excluding steroid dienone is 1. The summed E-state index contributed by atoms with van der Waals surface area (Å²) in [5, 5.41) is 4.77. The predicted molar refractivity (Wildman–Crippen MR) is 96.3 cm³/mol. The van der Waals surface area contributed by atoms with Crippen molar-refractivity contribution >= 4 is 27.3 Å². The maximum Gasteiger partial charge on any atom is 0.0979 e. The second-order valence-corrected chi connectivity index (χ2v) is 7.80. The molecule has 118 valence electrons. The highest BCUT2D eigenvalue weighted by molar-refractivity contribution is 7.18. The molecule has 1 aromatic heterocycles. The van der Waals surface area contributed by atoms with Gasteiger partial charge in [0.15, 0.2) is 0 Å². The number of rotatable bonds is 4. The van der Waals surface area contributed by atoms with E-state index in [1.54, 1.807) is 0 Å². The fourth-order valence-electron chi connectivity index (χ4n) is 2.93. The first kappa shape index (κ1) is 15.5. The molecule has 0 radical (unpaired) electrons. The molecular weight excluding hydrogens is 290 g/mol. The van der Waals surface area contributed by atoms with Crippen molar-refractivity contribution in [3.63, 3.8) is 0 Å². The second kappa shape index (κ2) is 6.39.